The van der Waals surface area contributed by atoms with Gasteiger partial charge in [0.25, 0.3) is 0 Å². The van der Waals surface area contributed by atoms with Crippen molar-refractivity contribution >= 4 is 5.82 Å². The first-order chi connectivity index (χ1) is 6.86. The first-order valence-corrected chi connectivity index (χ1v) is 4.54. The molecule has 0 fully saturated rings. The molecule has 1 aromatic heterocycles. The van der Waals surface area contributed by atoms with Crippen molar-refractivity contribution in [1.29, 1.82) is 0 Å². The Morgan fingerprint density at radius 3 is 2.93 bits per heavy atom. The molecule has 0 saturated heterocycles. The van der Waals surface area contributed by atoms with E-state index in [4.69, 9.17) is 5.73 Å². The molecule has 3 rings (SSSR count). The second kappa shape index (κ2) is 2.54. The maximum Gasteiger partial charge on any atom is 0.134 e. The summed E-state index contributed by atoms with van der Waals surface area (Å²) in [5.41, 5.74) is 10.4. The van der Waals surface area contributed by atoms with Crippen LogP contribution in [-0.2, 0) is 6.42 Å². The Balaban J connectivity index is 2.35. The molecule has 1 aliphatic carbocycles. The number of nitrogen functional groups attached to an aromatic ring is 1. The van der Waals surface area contributed by atoms with Gasteiger partial charge in [-0.15, -0.1) is 0 Å². The van der Waals surface area contributed by atoms with Crippen molar-refractivity contribution in [3.05, 3.63) is 41.9 Å². The van der Waals surface area contributed by atoms with Gasteiger partial charge in [-0.05, 0) is 11.1 Å². The largest absolute Gasteiger partial charge is 0.383 e. The standard InChI is InChI=1S/C11H9N3/c12-11-10-8-4-2-1-3-7(8)5-9(10)13-6-14-11/h1-4,6H,5H2,(H2,12,13,14). The number of nitrogens with two attached hydrogens (primary N) is 1. The van der Waals surface area contributed by atoms with E-state index in [1.54, 1.807) is 0 Å². The van der Waals surface area contributed by atoms with E-state index in [2.05, 4.69) is 22.1 Å². The van der Waals surface area contributed by atoms with Crippen LogP contribution in [0, 0.1) is 0 Å². The van der Waals surface area contributed by atoms with Gasteiger partial charge in [-0.25, -0.2) is 9.97 Å². The number of hydrogen-bond acceptors (Lipinski definition) is 3. The smallest absolute Gasteiger partial charge is 0.134 e. The number of aromatic nitrogens is 2. The number of nitrogens with zero attached hydrogens (tertiary/aromatic N) is 2. The Hall–Kier alpha value is -1.90. The number of benzene rings is 1. The van der Waals surface area contributed by atoms with Crippen LogP contribution in [0.2, 0.25) is 0 Å². The molecule has 3 heteroatoms. The van der Waals surface area contributed by atoms with Crippen molar-refractivity contribution in [3.8, 4) is 11.1 Å². The van der Waals surface area contributed by atoms with Gasteiger partial charge in [0, 0.05) is 12.0 Å². The van der Waals surface area contributed by atoms with Crippen molar-refractivity contribution in [3.63, 3.8) is 0 Å². The third-order valence-electron chi connectivity index (χ3n) is 2.60. The predicted molar refractivity (Wildman–Crippen MR) is 54.7 cm³/mol. The van der Waals surface area contributed by atoms with E-state index in [9.17, 15) is 0 Å². The van der Waals surface area contributed by atoms with E-state index < -0.39 is 0 Å². The van der Waals surface area contributed by atoms with Crippen LogP contribution in [0.3, 0.4) is 0 Å². The highest BCUT2D eigenvalue weighted by molar-refractivity contribution is 5.82. The molecule has 0 unspecified atom stereocenters. The third kappa shape index (κ3) is 0.865. The maximum absolute atomic E-state index is 5.84. The molecule has 0 radical (unpaired) electrons. The summed E-state index contributed by atoms with van der Waals surface area (Å²) in [5, 5.41) is 0. The van der Waals surface area contributed by atoms with E-state index in [1.165, 1.54) is 17.5 Å². The SMILES string of the molecule is Nc1ncnc2c1-c1ccccc1C2. The molecule has 0 aliphatic heterocycles. The second-order valence-corrected chi connectivity index (χ2v) is 3.41. The van der Waals surface area contributed by atoms with Gasteiger partial charge in [0.05, 0.1) is 5.69 Å². The first kappa shape index (κ1) is 7.50. The summed E-state index contributed by atoms with van der Waals surface area (Å²) in [7, 11) is 0. The summed E-state index contributed by atoms with van der Waals surface area (Å²) < 4.78 is 0. The van der Waals surface area contributed by atoms with Gasteiger partial charge in [-0.1, -0.05) is 24.3 Å². The maximum atomic E-state index is 5.84. The number of rotatable bonds is 0. The molecule has 2 aromatic rings. The molecule has 1 aromatic carbocycles. The molecule has 1 heterocycles. The van der Waals surface area contributed by atoms with Gasteiger partial charge in [-0.3, -0.25) is 0 Å². The topological polar surface area (TPSA) is 51.8 Å². The molecule has 68 valence electrons. The number of anilines is 1. The van der Waals surface area contributed by atoms with E-state index >= 15 is 0 Å². The van der Waals surface area contributed by atoms with Crippen LogP contribution in [0.15, 0.2) is 30.6 Å². The zero-order valence-electron chi connectivity index (χ0n) is 7.57. The average molecular weight is 183 g/mol. The van der Waals surface area contributed by atoms with Crippen molar-refractivity contribution in [2.45, 2.75) is 6.42 Å². The van der Waals surface area contributed by atoms with Crippen LogP contribution in [0.4, 0.5) is 5.82 Å². The fourth-order valence-electron chi connectivity index (χ4n) is 1.96. The van der Waals surface area contributed by atoms with E-state index in [-0.39, 0.29) is 0 Å². The van der Waals surface area contributed by atoms with Crippen molar-refractivity contribution in [1.82, 2.24) is 9.97 Å². The molecular weight excluding hydrogens is 174 g/mol. The fourth-order valence-corrected chi connectivity index (χ4v) is 1.96. The lowest BCUT2D eigenvalue weighted by Gasteiger charge is -2.01. The number of fused-ring (bicyclic) bond motifs is 3. The molecule has 0 bridgehead atoms. The minimum Gasteiger partial charge on any atom is -0.383 e. The summed E-state index contributed by atoms with van der Waals surface area (Å²) >= 11 is 0. The molecular formula is C11H9N3. The highest BCUT2D eigenvalue weighted by Crippen LogP contribution is 2.37. The minimum absolute atomic E-state index is 0.583. The van der Waals surface area contributed by atoms with Crippen LogP contribution >= 0.6 is 0 Å². The average Bonchev–Trinajstić information content (AvgIpc) is 2.57. The Bertz CT molecular complexity index is 506. The first-order valence-electron chi connectivity index (χ1n) is 4.54. The Labute approximate surface area is 81.6 Å². The molecule has 3 nitrogen and oxygen atoms in total. The lowest BCUT2D eigenvalue weighted by atomic mass is 10.1. The summed E-state index contributed by atoms with van der Waals surface area (Å²) in [6.07, 6.45) is 2.40. The predicted octanol–water partition coefficient (Wildman–Crippen LogP) is 1.63. The van der Waals surface area contributed by atoms with Gasteiger partial charge in [0.2, 0.25) is 0 Å². The lowest BCUT2D eigenvalue weighted by molar-refractivity contribution is 1.07. The normalized spacial score (nSPS) is 12.3. The van der Waals surface area contributed by atoms with Crippen molar-refractivity contribution < 1.29 is 0 Å². The van der Waals surface area contributed by atoms with E-state index in [0.29, 0.717) is 5.82 Å². The summed E-state index contributed by atoms with van der Waals surface area (Å²) in [6, 6.07) is 8.23. The summed E-state index contributed by atoms with van der Waals surface area (Å²) in [4.78, 5) is 8.26. The zero-order chi connectivity index (χ0) is 9.54. The lowest BCUT2D eigenvalue weighted by Crippen LogP contribution is -1.96. The molecule has 2 N–H and O–H groups in total. The van der Waals surface area contributed by atoms with E-state index in [1.807, 2.05) is 12.1 Å². The molecule has 0 atom stereocenters. The Morgan fingerprint density at radius 2 is 2.00 bits per heavy atom. The van der Waals surface area contributed by atoms with Gasteiger partial charge in [-0.2, -0.15) is 0 Å². The quantitative estimate of drug-likeness (QED) is 0.576. The fraction of sp³-hybridized carbons (Fsp3) is 0.0909. The van der Waals surface area contributed by atoms with Crippen LogP contribution in [0.1, 0.15) is 11.3 Å². The minimum atomic E-state index is 0.583. The van der Waals surface area contributed by atoms with Gasteiger partial charge in [0.1, 0.15) is 12.1 Å². The Morgan fingerprint density at radius 1 is 1.14 bits per heavy atom. The number of hydrogen-bond donors (Lipinski definition) is 1. The summed E-state index contributed by atoms with van der Waals surface area (Å²) in [6.45, 7) is 0. The third-order valence-corrected chi connectivity index (χ3v) is 2.60. The molecule has 14 heavy (non-hydrogen) atoms. The van der Waals surface area contributed by atoms with Crippen LogP contribution in [0.5, 0.6) is 0 Å². The molecule has 0 amide bonds. The molecule has 1 aliphatic rings. The van der Waals surface area contributed by atoms with Gasteiger partial charge in [0.15, 0.2) is 0 Å². The second-order valence-electron chi connectivity index (χ2n) is 3.41. The zero-order valence-corrected chi connectivity index (χ0v) is 7.57. The van der Waals surface area contributed by atoms with Crippen molar-refractivity contribution in [2.75, 3.05) is 5.73 Å². The van der Waals surface area contributed by atoms with Crippen LogP contribution < -0.4 is 5.73 Å². The van der Waals surface area contributed by atoms with Crippen LogP contribution in [-0.4, -0.2) is 9.97 Å². The Kier molecular flexibility index (Phi) is 1.36. The van der Waals surface area contributed by atoms with Gasteiger partial charge < -0.3 is 5.73 Å². The van der Waals surface area contributed by atoms with Crippen LogP contribution in [0.25, 0.3) is 11.1 Å². The van der Waals surface area contributed by atoms with Gasteiger partial charge >= 0.3 is 0 Å². The summed E-state index contributed by atoms with van der Waals surface area (Å²) in [5.74, 6) is 0.583. The monoisotopic (exact) mass is 183 g/mol. The van der Waals surface area contributed by atoms with E-state index in [0.717, 1.165) is 17.7 Å². The molecule has 0 saturated carbocycles. The molecule has 0 spiro atoms. The highest BCUT2D eigenvalue weighted by Gasteiger charge is 2.21. The van der Waals surface area contributed by atoms with Crippen molar-refractivity contribution in [2.24, 2.45) is 0 Å². The highest BCUT2D eigenvalue weighted by atomic mass is 14.9.